The van der Waals surface area contributed by atoms with Crippen molar-refractivity contribution >= 4 is 11.3 Å². The van der Waals surface area contributed by atoms with Crippen molar-refractivity contribution in [3.05, 3.63) is 22.4 Å². The SMILES string of the molecule is CC(NCCCOC1CCCCC1)c1ccsc1. The Morgan fingerprint density at radius 1 is 1.39 bits per heavy atom. The molecule has 0 amide bonds. The maximum absolute atomic E-state index is 5.92. The quantitative estimate of drug-likeness (QED) is 0.750. The molecule has 1 aromatic rings. The maximum atomic E-state index is 5.92. The molecule has 1 atom stereocenters. The fourth-order valence-corrected chi connectivity index (χ4v) is 3.27. The van der Waals surface area contributed by atoms with Gasteiger partial charge in [-0.1, -0.05) is 19.3 Å². The lowest BCUT2D eigenvalue weighted by Gasteiger charge is -2.22. The third kappa shape index (κ3) is 4.71. The van der Waals surface area contributed by atoms with Crippen LogP contribution in [0.15, 0.2) is 16.8 Å². The smallest absolute Gasteiger partial charge is 0.0575 e. The van der Waals surface area contributed by atoms with Gasteiger partial charge in [0.2, 0.25) is 0 Å². The highest BCUT2D eigenvalue weighted by atomic mass is 32.1. The first-order chi connectivity index (χ1) is 8.86. The molecule has 1 N–H and O–H groups in total. The topological polar surface area (TPSA) is 21.3 Å². The van der Waals surface area contributed by atoms with E-state index in [1.54, 1.807) is 11.3 Å². The lowest BCUT2D eigenvalue weighted by Crippen LogP contribution is -2.22. The molecule has 3 heteroatoms. The highest BCUT2D eigenvalue weighted by molar-refractivity contribution is 7.07. The Kier molecular flexibility index (Phi) is 6.18. The molecule has 1 saturated carbocycles. The van der Waals surface area contributed by atoms with Crippen molar-refractivity contribution in [2.75, 3.05) is 13.2 Å². The van der Waals surface area contributed by atoms with Crippen molar-refractivity contribution in [1.29, 1.82) is 0 Å². The lowest BCUT2D eigenvalue weighted by atomic mass is 9.98. The summed E-state index contributed by atoms with van der Waals surface area (Å²) >= 11 is 1.77. The van der Waals surface area contributed by atoms with Gasteiger partial charge in [0.25, 0.3) is 0 Å². The van der Waals surface area contributed by atoms with Gasteiger partial charge in [0, 0.05) is 12.6 Å². The van der Waals surface area contributed by atoms with Crippen molar-refractivity contribution < 1.29 is 4.74 Å². The van der Waals surface area contributed by atoms with E-state index in [0.29, 0.717) is 12.1 Å². The monoisotopic (exact) mass is 267 g/mol. The molecule has 1 fully saturated rings. The van der Waals surface area contributed by atoms with Crippen LogP contribution < -0.4 is 5.32 Å². The second-order valence-corrected chi connectivity index (χ2v) is 6.00. The molecule has 0 aliphatic heterocycles. The van der Waals surface area contributed by atoms with Gasteiger partial charge in [-0.15, -0.1) is 0 Å². The molecule has 0 bridgehead atoms. The summed E-state index contributed by atoms with van der Waals surface area (Å²) in [6, 6.07) is 2.66. The molecule has 2 nitrogen and oxygen atoms in total. The Bertz CT molecular complexity index is 306. The Morgan fingerprint density at radius 3 is 2.94 bits per heavy atom. The number of nitrogens with one attached hydrogen (secondary N) is 1. The number of hydrogen-bond donors (Lipinski definition) is 1. The Hall–Kier alpha value is -0.380. The molecule has 1 aromatic heterocycles. The summed E-state index contributed by atoms with van der Waals surface area (Å²) in [5.74, 6) is 0. The maximum Gasteiger partial charge on any atom is 0.0575 e. The molecule has 1 aliphatic rings. The minimum absolute atomic E-state index is 0.464. The number of ether oxygens (including phenoxy) is 1. The van der Waals surface area contributed by atoms with E-state index in [4.69, 9.17) is 4.74 Å². The predicted molar refractivity (Wildman–Crippen MR) is 78.2 cm³/mol. The predicted octanol–water partition coefficient (Wildman–Crippen LogP) is 4.14. The zero-order valence-corrected chi connectivity index (χ0v) is 12.2. The Morgan fingerprint density at radius 2 is 2.22 bits per heavy atom. The van der Waals surface area contributed by atoms with E-state index in [9.17, 15) is 0 Å². The zero-order chi connectivity index (χ0) is 12.6. The second-order valence-electron chi connectivity index (χ2n) is 5.22. The van der Waals surface area contributed by atoms with E-state index in [1.807, 2.05) is 0 Å². The van der Waals surface area contributed by atoms with Crippen molar-refractivity contribution in [2.24, 2.45) is 0 Å². The molecule has 2 rings (SSSR count). The van der Waals surface area contributed by atoms with Crippen LogP contribution in [0.2, 0.25) is 0 Å². The van der Waals surface area contributed by atoms with E-state index >= 15 is 0 Å². The third-order valence-electron chi connectivity index (χ3n) is 3.72. The molecular weight excluding hydrogens is 242 g/mol. The lowest BCUT2D eigenvalue weighted by molar-refractivity contribution is 0.0271. The standard InChI is InChI=1S/C15H25NOS/c1-13(14-8-11-18-12-14)16-9-5-10-17-15-6-3-2-4-7-15/h8,11-13,15-16H,2-7,9-10H2,1H3. The molecule has 1 heterocycles. The van der Waals surface area contributed by atoms with Crippen molar-refractivity contribution in [1.82, 2.24) is 5.32 Å². The molecule has 0 radical (unpaired) electrons. The Labute approximate surface area is 115 Å². The first-order valence-electron chi connectivity index (χ1n) is 7.23. The van der Waals surface area contributed by atoms with Crippen LogP contribution in [0.25, 0.3) is 0 Å². The second kappa shape index (κ2) is 7.93. The molecule has 0 aromatic carbocycles. The summed E-state index contributed by atoms with van der Waals surface area (Å²) in [5.41, 5.74) is 1.40. The van der Waals surface area contributed by atoms with Gasteiger partial charge in [0.15, 0.2) is 0 Å². The zero-order valence-electron chi connectivity index (χ0n) is 11.4. The van der Waals surface area contributed by atoms with Gasteiger partial charge in [-0.25, -0.2) is 0 Å². The van der Waals surface area contributed by atoms with Gasteiger partial charge < -0.3 is 10.1 Å². The summed E-state index contributed by atoms with van der Waals surface area (Å²) < 4.78 is 5.92. The van der Waals surface area contributed by atoms with Crippen LogP contribution in [0.4, 0.5) is 0 Å². The van der Waals surface area contributed by atoms with Crippen molar-refractivity contribution in [3.8, 4) is 0 Å². The van der Waals surface area contributed by atoms with Crippen LogP contribution in [0.3, 0.4) is 0 Å². The third-order valence-corrected chi connectivity index (χ3v) is 4.42. The van der Waals surface area contributed by atoms with E-state index < -0.39 is 0 Å². The van der Waals surface area contributed by atoms with E-state index in [2.05, 4.69) is 29.1 Å². The molecule has 1 unspecified atom stereocenters. The van der Waals surface area contributed by atoms with E-state index in [0.717, 1.165) is 19.6 Å². The van der Waals surface area contributed by atoms with Gasteiger partial charge in [-0.2, -0.15) is 11.3 Å². The number of thiophene rings is 1. The van der Waals surface area contributed by atoms with Gasteiger partial charge in [-0.3, -0.25) is 0 Å². The summed E-state index contributed by atoms with van der Waals surface area (Å²) in [6.45, 7) is 4.18. The van der Waals surface area contributed by atoms with Gasteiger partial charge in [0.1, 0.15) is 0 Å². The van der Waals surface area contributed by atoms with E-state index in [-0.39, 0.29) is 0 Å². The normalized spacial score (nSPS) is 18.9. The number of hydrogen-bond acceptors (Lipinski definition) is 3. The van der Waals surface area contributed by atoms with Crippen LogP contribution in [-0.2, 0) is 4.74 Å². The van der Waals surface area contributed by atoms with Crippen molar-refractivity contribution in [2.45, 2.75) is 57.6 Å². The Balaban J connectivity index is 1.50. The van der Waals surface area contributed by atoms with Crippen LogP contribution in [0, 0.1) is 0 Å². The van der Waals surface area contributed by atoms with Gasteiger partial charge >= 0.3 is 0 Å². The summed E-state index contributed by atoms with van der Waals surface area (Å²) in [6.07, 6.45) is 8.34. The van der Waals surface area contributed by atoms with Gasteiger partial charge in [0.05, 0.1) is 6.10 Å². The minimum Gasteiger partial charge on any atom is -0.378 e. The van der Waals surface area contributed by atoms with Crippen LogP contribution in [0.5, 0.6) is 0 Å². The molecule has 0 saturated heterocycles. The molecule has 102 valence electrons. The van der Waals surface area contributed by atoms with Crippen LogP contribution in [0.1, 0.15) is 57.1 Å². The highest BCUT2D eigenvalue weighted by Gasteiger charge is 2.13. The van der Waals surface area contributed by atoms with Crippen LogP contribution in [-0.4, -0.2) is 19.3 Å². The molecular formula is C15H25NOS. The largest absolute Gasteiger partial charge is 0.378 e. The summed E-state index contributed by atoms with van der Waals surface area (Å²) in [5, 5.41) is 7.91. The number of rotatable bonds is 7. The average Bonchev–Trinajstić information content (AvgIpc) is 2.93. The van der Waals surface area contributed by atoms with E-state index in [1.165, 1.54) is 37.7 Å². The minimum atomic E-state index is 0.464. The molecule has 1 aliphatic carbocycles. The fraction of sp³-hybridized carbons (Fsp3) is 0.733. The first-order valence-corrected chi connectivity index (χ1v) is 8.17. The first kappa shape index (κ1) is 14.0. The summed E-state index contributed by atoms with van der Waals surface area (Å²) in [4.78, 5) is 0. The molecule has 18 heavy (non-hydrogen) atoms. The van der Waals surface area contributed by atoms with Crippen LogP contribution >= 0.6 is 11.3 Å². The van der Waals surface area contributed by atoms with Gasteiger partial charge in [-0.05, 0) is 55.1 Å². The van der Waals surface area contributed by atoms with Crippen molar-refractivity contribution in [3.63, 3.8) is 0 Å². The summed E-state index contributed by atoms with van der Waals surface area (Å²) in [7, 11) is 0. The fourth-order valence-electron chi connectivity index (χ4n) is 2.51. The average molecular weight is 267 g/mol. The highest BCUT2D eigenvalue weighted by Crippen LogP contribution is 2.20. The molecule has 0 spiro atoms.